The van der Waals surface area contributed by atoms with Gasteiger partial charge in [0.05, 0.1) is 0 Å². The van der Waals surface area contributed by atoms with Gasteiger partial charge in [0, 0.05) is 26.2 Å². The van der Waals surface area contributed by atoms with Crippen LogP contribution in [-0.4, -0.2) is 11.6 Å². The van der Waals surface area contributed by atoms with Crippen LogP contribution in [0.5, 0.6) is 0 Å². The van der Waals surface area contributed by atoms with Crippen molar-refractivity contribution in [2.75, 3.05) is 0 Å². The van der Waals surface area contributed by atoms with Crippen LogP contribution in [0.25, 0.3) is 0 Å². The fraction of sp³-hybridized carbons (Fsp3) is 0.500. The van der Waals surface area contributed by atoms with E-state index in [2.05, 4.69) is 0 Å². The van der Waals surface area contributed by atoms with Crippen LogP contribution in [0.2, 0.25) is 0 Å². The van der Waals surface area contributed by atoms with Crippen LogP contribution in [0.3, 0.4) is 0 Å². The van der Waals surface area contributed by atoms with Crippen molar-refractivity contribution in [2.45, 2.75) is 7.43 Å². The van der Waals surface area contributed by atoms with Gasteiger partial charge in [0.25, 0.3) is 0 Å². The first-order valence-electron chi connectivity index (χ1n) is 0.428. The Kier molecular flexibility index (Phi) is 97.9. The van der Waals surface area contributed by atoms with Crippen LogP contribution < -0.4 is 0 Å². The average Bonchev–Trinajstić information content (AvgIpc) is 0.918. The van der Waals surface area contributed by atoms with Crippen molar-refractivity contribution in [3.63, 3.8) is 0 Å². The van der Waals surface area contributed by atoms with Gasteiger partial charge in [0.2, 0.25) is 0 Å². The van der Waals surface area contributed by atoms with Crippen LogP contribution in [0, 0.1) is 0 Å². The maximum atomic E-state index is 8.24. The molecule has 0 unspecified atom stereocenters. The van der Waals surface area contributed by atoms with Gasteiger partial charge in [-0.3, -0.25) is 0 Å². The number of hydrogen-bond acceptors (Lipinski definition) is 1. The molecule has 0 aliphatic rings. The van der Waals surface area contributed by atoms with E-state index in [1.54, 1.807) is 0 Å². The molecular weight excluding hydrogens is 147 g/mol. The SMILES string of the molecule is C.O=[C-]O.[Zr]. The number of hydrogen-bond donors (Lipinski definition) is 1. The fourth-order valence-corrected chi connectivity index (χ4v) is 0. The van der Waals surface area contributed by atoms with Gasteiger partial charge in [-0.1, -0.05) is 13.9 Å². The Balaban J connectivity index is -0.0000000200. The fourth-order valence-electron chi connectivity index (χ4n) is 0. The molecule has 0 rings (SSSR count). The summed E-state index contributed by atoms with van der Waals surface area (Å²) in [6.07, 6.45) is 0. The molecule has 0 spiro atoms. The Labute approximate surface area is 50.3 Å². The molecule has 0 aromatic carbocycles. The molecule has 0 heterocycles. The second-order valence-electron chi connectivity index (χ2n) is 0.0913. The van der Waals surface area contributed by atoms with Crippen molar-refractivity contribution >= 4 is 6.47 Å². The summed E-state index contributed by atoms with van der Waals surface area (Å²) in [5.74, 6) is 0. The second-order valence-corrected chi connectivity index (χ2v) is 0.0913. The quantitative estimate of drug-likeness (QED) is 0.505. The summed E-state index contributed by atoms with van der Waals surface area (Å²) >= 11 is 0. The molecule has 0 fully saturated rings. The van der Waals surface area contributed by atoms with Crippen molar-refractivity contribution < 1.29 is 36.1 Å². The monoisotopic (exact) mass is 151 g/mol. The van der Waals surface area contributed by atoms with Gasteiger partial charge in [0.1, 0.15) is 0 Å². The molecule has 2 nitrogen and oxygen atoms in total. The van der Waals surface area contributed by atoms with Gasteiger partial charge in [-0.05, 0) is 0 Å². The van der Waals surface area contributed by atoms with E-state index in [9.17, 15) is 0 Å². The first kappa shape index (κ1) is 18.3. The summed E-state index contributed by atoms with van der Waals surface area (Å²) in [4.78, 5) is 8.24. The van der Waals surface area contributed by atoms with Gasteiger partial charge in [-0.15, -0.1) is 0 Å². The van der Waals surface area contributed by atoms with Crippen molar-refractivity contribution in [1.82, 2.24) is 0 Å². The molecule has 0 saturated heterocycles. The summed E-state index contributed by atoms with van der Waals surface area (Å²) in [7, 11) is 0. The smallest absolute Gasteiger partial charge is 0 e. The maximum absolute atomic E-state index is 8.24. The van der Waals surface area contributed by atoms with Crippen molar-refractivity contribution in [1.29, 1.82) is 0 Å². The molecule has 0 aliphatic carbocycles. The molecule has 0 atom stereocenters. The molecule has 5 heavy (non-hydrogen) atoms. The molecular formula is C2H5O2Zr-. The Morgan fingerprint density at radius 2 is 1.60 bits per heavy atom. The predicted octanol–water partition coefficient (Wildman–Crippen LogP) is 0.245. The van der Waals surface area contributed by atoms with E-state index in [4.69, 9.17) is 9.90 Å². The van der Waals surface area contributed by atoms with E-state index in [1.807, 2.05) is 0 Å². The van der Waals surface area contributed by atoms with Crippen molar-refractivity contribution in [3.05, 3.63) is 0 Å². The number of aliphatic hydroxyl groups excluding tert-OH is 1. The molecule has 0 radical (unpaired) electrons. The predicted molar refractivity (Wildman–Crippen MR) is 15.1 cm³/mol. The standard InChI is InChI=1S/CHO2.CH4.Zr/c2-1-3;;/h(H,2,3);1H4;/q-1;;. The van der Waals surface area contributed by atoms with Gasteiger partial charge >= 0.3 is 0 Å². The summed E-state index contributed by atoms with van der Waals surface area (Å²) in [5, 5.41) is 6.76. The minimum absolute atomic E-state index is 0. The van der Waals surface area contributed by atoms with Crippen molar-refractivity contribution in [3.8, 4) is 0 Å². The molecule has 0 saturated carbocycles. The van der Waals surface area contributed by atoms with E-state index >= 15 is 0 Å². The zero-order chi connectivity index (χ0) is 2.71. The largest absolute Gasteiger partial charge is 0.665 e. The van der Waals surface area contributed by atoms with E-state index < -0.39 is 0 Å². The Bertz CT molecular complexity index is 15.1. The summed E-state index contributed by atoms with van der Waals surface area (Å²) in [6, 6.07) is 0. The van der Waals surface area contributed by atoms with Crippen LogP contribution in [0.1, 0.15) is 7.43 Å². The van der Waals surface area contributed by atoms with Gasteiger partial charge in [-0.25, -0.2) is 0 Å². The average molecular weight is 152 g/mol. The Morgan fingerprint density at radius 3 is 1.60 bits per heavy atom. The third kappa shape index (κ3) is 193. The van der Waals surface area contributed by atoms with Crippen LogP contribution in [0.15, 0.2) is 0 Å². The van der Waals surface area contributed by atoms with E-state index in [0.717, 1.165) is 0 Å². The minimum atomic E-state index is 0. The summed E-state index contributed by atoms with van der Waals surface area (Å²) < 4.78 is 0. The second kappa shape index (κ2) is 26.7. The molecule has 3 heteroatoms. The van der Waals surface area contributed by atoms with Crippen LogP contribution in [-0.2, 0) is 31.0 Å². The van der Waals surface area contributed by atoms with E-state index in [-0.39, 0.29) is 33.6 Å². The van der Waals surface area contributed by atoms with E-state index in [0.29, 0.717) is 6.47 Å². The normalized spacial score (nSPS) is 2.40. The Morgan fingerprint density at radius 1 is 1.60 bits per heavy atom. The zero-order valence-corrected chi connectivity index (χ0v) is 4.31. The van der Waals surface area contributed by atoms with Gasteiger partial charge in [-0.2, -0.15) is 0 Å². The maximum Gasteiger partial charge on any atom is 0 e. The number of rotatable bonds is 0. The third-order valence-corrected chi connectivity index (χ3v) is 0. The molecule has 0 aliphatic heterocycles. The molecule has 1 N–H and O–H groups in total. The minimum Gasteiger partial charge on any atom is -0.665 e. The first-order chi connectivity index (χ1) is 1.41. The molecule has 0 amide bonds. The van der Waals surface area contributed by atoms with Crippen LogP contribution in [0.4, 0.5) is 0 Å². The summed E-state index contributed by atoms with van der Waals surface area (Å²) in [6.45, 7) is 0.500. The van der Waals surface area contributed by atoms with Gasteiger partial charge in [0.15, 0.2) is 0 Å². The zero-order valence-electron chi connectivity index (χ0n) is 1.86. The Hall–Kier alpha value is 0.353. The van der Waals surface area contributed by atoms with E-state index in [1.165, 1.54) is 0 Å². The van der Waals surface area contributed by atoms with Crippen LogP contribution >= 0.6 is 0 Å². The van der Waals surface area contributed by atoms with Gasteiger partial charge < -0.3 is 9.90 Å². The van der Waals surface area contributed by atoms with Crippen molar-refractivity contribution in [2.24, 2.45) is 0 Å². The molecule has 30 valence electrons. The first-order valence-corrected chi connectivity index (χ1v) is 0.428. The summed E-state index contributed by atoms with van der Waals surface area (Å²) in [5.41, 5.74) is 0. The topological polar surface area (TPSA) is 37.3 Å². The third-order valence-electron chi connectivity index (χ3n) is 0. The molecule has 0 bridgehead atoms. The molecule has 0 aromatic heterocycles. The molecule has 0 aromatic rings.